The predicted octanol–water partition coefficient (Wildman–Crippen LogP) is 2.06. The maximum Gasteiger partial charge on any atom is 0.318 e. The molecule has 4 aliphatic rings. The number of likely N-dealkylation sites (tertiary alicyclic amines) is 2. The third-order valence-corrected chi connectivity index (χ3v) is 8.17. The normalized spacial score (nSPS) is 25.6. The van der Waals surface area contributed by atoms with E-state index < -0.39 is 12.1 Å². The molecule has 4 amide bonds. The Morgan fingerprint density at radius 1 is 0.944 bits per heavy atom. The number of carbonyl (C=O) groups is 4. The number of amides is 4. The molecule has 3 saturated heterocycles. The molecule has 3 atom stereocenters. The fourth-order valence-electron chi connectivity index (χ4n) is 6.27. The lowest BCUT2D eigenvalue weighted by Gasteiger charge is -2.33. The minimum Gasteiger partial charge on any atom is -0.378 e. The second-order valence-corrected chi connectivity index (χ2v) is 10.4. The SMILES string of the molecule is O=C1CN(C(=O)c2ccccc2)[C@@H]2CCN(C(=O)[C@H](CC3CCCCC3)NC(=O)N3CCOCC3)[C@H]12. The summed E-state index contributed by atoms with van der Waals surface area (Å²) >= 11 is 0. The predicted molar refractivity (Wildman–Crippen MR) is 132 cm³/mol. The molecule has 0 unspecified atom stereocenters. The molecular weight excluding hydrogens is 460 g/mol. The fraction of sp³-hybridized carbons (Fsp3) is 0.630. The van der Waals surface area contributed by atoms with Crippen molar-refractivity contribution in [3.63, 3.8) is 0 Å². The van der Waals surface area contributed by atoms with E-state index in [2.05, 4.69) is 5.32 Å². The van der Waals surface area contributed by atoms with Crippen LogP contribution in [0.1, 0.15) is 55.3 Å². The first-order chi connectivity index (χ1) is 17.5. The van der Waals surface area contributed by atoms with Gasteiger partial charge >= 0.3 is 6.03 Å². The van der Waals surface area contributed by atoms with E-state index >= 15 is 0 Å². The summed E-state index contributed by atoms with van der Waals surface area (Å²) in [5.41, 5.74) is 0.545. The van der Waals surface area contributed by atoms with Gasteiger partial charge in [0.15, 0.2) is 5.78 Å². The van der Waals surface area contributed by atoms with Crippen LogP contribution < -0.4 is 5.32 Å². The Kier molecular flexibility index (Phi) is 7.55. The highest BCUT2D eigenvalue weighted by Gasteiger charge is 2.52. The van der Waals surface area contributed by atoms with Gasteiger partial charge in [-0.1, -0.05) is 50.3 Å². The van der Waals surface area contributed by atoms with Gasteiger partial charge in [0.1, 0.15) is 12.1 Å². The van der Waals surface area contributed by atoms with Crippen LogP contribution in [0.25, 0.3) is 0 Å². The lowest BCUT2D eigenvalue weighted by Crippen LogP contribution is -2.56. The molecule has 3 aliphatic heterocycles. The van der Waals surface area contributed by atoms with Crippen molar-refractivity contribution in [2.45, 2.75) is 63.1 Å². The molecule has 194 valence electrons. The van der Waals surface area contributed by atoms with Crippen LogP contribution in [0.4, 0.5) is 4.79 Å². The second-order valence-electron chi connectivity index (χ2n) is 10.4. The van der Waals surface area contributed by atoms with Crippen LogP contribution in [0.3, 0.4) is 0 Å². The summed E-state index contributed by atoms with van der Waals surface area (Å²) < 4.78 is 5.36. The summed E-state index contributed by atoms with van der Waals surface area (Å²) in [4.78, 5) is 58.1. The van der Waals surface area contributed by atoms with Crippen molar-refractivity contribution in [1.82, 2.24) is 20.0 Å². The van der Waals surface area contributed by atoms with Gasteiger partial charge in [-0.3, -0.25) is 14.4 Å². The first-order valence-corrected chi connectivity index (χ1v) is 13.4. The van der Waals surface area contributed by atoms with Gasteiger partial charge in [-0.2, -0.15) is 0 Å². The molecule has 1 aliphatic carbocycles. The number of Topliss-reactive ketones (excluding diaryl/α,β-unsaturated/α-hetero) is 1. The standard InChI is InChI=1S/C27H36N4O5/c32-23-18-31(25(33)20-9-5-2-6-10-20)22-11-12-30(24(22)23)26(34)21(17-19-7-3-1-4-8-19)28-27(35)29-13-15-36-16-14-29/h2,5-6,9-10,19,21-22,24H,1,3-4,7-8,11-18H2,(H,28,35)/t21-,22+,24-/m0/s1. The van der Waals surface area contributed by atoms with Crippen molar-refractivity contribution in [2.75, 3.05) is 39.4 Å². The summed E-state index contributed by atoms with van der Waals surface area (Å²) in [6, 6.07) is 7.08. The van der Waals surface area contributed by atoms with E-state index in [1.165, 1.54) is 6.42 Å². The lowest BCUT2D eigenvalue weighted by molar-refractivity contribution is -0.138. The zero-order valence-corrected chi connectivity index (χ0v) is 20.8. The Morgan fingerprint density at radius 3 is 2.39 bits per heavy atom. The van der Waals surface area contributed by atoms with Crippen LogP contribution in [0.15, 0.2) is 30.3 Å². The molecule has 3 heterocycles. The summed E-state index contributed by atoms with van der Waals surface area (Å²) in [6.07, 6.45) is 6.77. The highest BCUT2D eigenvalue weighted by atomic mass is 16.5. The van der Waals surface area contributed by atoms with Crippen molar-refractivity contribution in [3.8, 4) is 0 Å². The summed E-state index contributed by atoms with van der Waals surface area (Å²) in [5, 5.41) is 3.01. The van der Waals surface area contributed by atoms with E-state index in [0.29, 0.717) is 57.2 Å². The Morgan fingerprint density at radius 2 is 1.67 bits per heavy atom. The molecule has 1 aromatic carbocycles. The van der Waals surface area contributed by atoms with Gasteiger partial charge in [0.05, 0.1) is 25.8 Å². The highest BCUT2D eigenvalue weighted by molar-refractivity contribution is 6.03. The number of hydrogen-bond donors (Lipinski definition) is 1. The van der Waals surface area contributed by atoms with Crippen LogP contribution in [0.2, 0.25) is 0 Å². The Bertz CT molecular complexity index is 974. The maximum atomic E-state index is 13.9. The molecule has 9 nitrogen and oxygen atoms in total. The number of benzene rings is 1. The van der Waals surface area contributed by atoms with Gasteiger partial charge in [-0.05, 0) is 30.9 Å². The number of carbonyl (C=O) groups excluding carboxylic acids is 4. The van der Waals surface area contributed by atoms with Crippen LogP contribution in [0, 0.1) is 5.92 Å². The molecule has 5 rings (SSSR count). The number of nitrogens with one attached hydrogen (secondary N) is 1. The van der Waals surface area contributed by atoms with E-state index in [0.717, 1.165) is 25.7 Å². The zero-order valence-electron chi connectivity index (χ0n) is 20.8. The average molecular weight is 497 g/mol. The van der Waals surface area contributed by atoms with Gasteiger partial charge in [0.25, 0.3) is 5.91 Å². The molecule has 0 radical (unpaired) electrons. The topological polar surface area (TPSA) is 99.3 Å². The van der Waals surface area contributed by atoms with Crippen molar-refractivity contribution in [3.05, 3.63) is 35.9 Å². The first-order valence-electron chi connectivity index (χ1n) is 13.4. The van der Waals surface area contributed by atoms with Crippen LogP contribution in [0.5, 0.6) is 0 Å². The molecule has 36 heavy (non-hydrogen) atoms. The number of nitrogens with zero attached hydrogens (tertiary/aromatic N) is 3. The zero-order chi connectivity index (χ0) is 25.1. The minimum absolute atomic E-state index is 0.0142. The maximum absolute atomic E-state index is 13.9. The molecule has 1 N–H and O–H groups in total. The molecule has 1 saturated carbocycles. The van der Waals surface area contributed by atoms with Crippen molar-refractivity contribution < 1.29 is 23.9 Å². The molecular formula is C27H36N4O5. The van der Waals surface area contributed by atoms with E-state index in [1.807, 2.05) is 6.07 Å². The number of hydrogen-bond acceptors (Lipinski definition) is 5. The summed E-state index contributed by atoms with van der Waals surface area (Å²) in [6.45, 7) is 2.40. The number of morpholine rings is 1. The smallest absolute Gasteiger partial charge is 0.318 e. The molecule has 0 spiro atoms. The Hall–Kier alpha value is -2.94. The van der Waals surface area contributed by atoms with Crippen LogP contribution in [-0.2, 0) is 14.3 Å². The summed E-state index contributed by atoms with van der Waals surface area (Å²) in [5.74, 6) is -0.0975. The van der Waals surface area contributed by atoms with Gasteiger partial charge in [0.2, 0.25) is 5.91 Å². The summed E-state index contributed by atoms with van der Waals surface area (Å²) in [7, 11) is 0. The quantitative estimate of drug-likeness (QED) is 0.673. The molecule has 0 aromatic heterocycles. The van der Waals surface area contributed by atoms with E-state index in [9.17, 15) is 19.2 Å². The Balaban J connectivity index is 1.31. The van der Waals surface area contributed by atoms with Crippen LogP contribution in [-0.4, -0.2) is 95.8 Å². The Labute approximate surface area is 212 Å². The number of fused-ring (bicyclic) bond motifs is 1. The molecule has 9 heteroatoms. The minimum atomic E-state index is -0.672. The molecule has 4 fully saturated rings. The monoisotopic (exact) mass is 496 g/mol. The van der Waals surface area contributed by atoms with Gasteiger partial charge in [0, 0.05) is 25.2 Å². The van der Waals surface area contributed by atoms with Gasteiger partial charge in [-0.15, -0.1) is 0 Å². The van der Waals surface area contributed by atoms with Crippen molar-refractivity contribution >= 4 is 23.6 Å². The molecule has 0 bridgehead atoms. The number of ketones is 1. The third-order valence-electron chi connectivity index (χ3n) is 8.17. The first kappa shape index (κ1) is 24.7. The fourth-order valence-corrected chi connectivity index (χ4v) is 6.27. The van der Waals surface area contributed by atoms with Gasteiger partial charge in [-0.25, -0.2) is 4.79 Å². The van der Waals surface area contributed by atoms with Crippen LogP contribution >= 0.6 is 0 Å². The number of ether oxygens (including phenoxy) is 1. The van der Waals surface area contributed by atoms with E-state index in [1.54, 1.807) is 39.0 Å². The van der Waals surface area contributed by atoms with E-state index in [-0.39, 0.29) is 36.2 Å². The van der Waals surface area contributed by atoms with Crippen molar-refractivity contribution in [1.29, 1.82) is 0 Å². The lowest BCUT2D eigenvalue weighted by atomic mass is 9.84. The molecule has 1 aromatic rings. The second kappa shape index (κ2) is 11.0. The third kappa shape index (κ3) is 5.12. The average Bonchev–Trinajstić information content (AvgIpc) is 3.50. The highest BCUT2D eigenvalue weighted by Crippen LogP contribution is 2.33. The largest absolute Gasteiger partial charge is 0.378 e. The van der Waals surface area contributed by atoms with Crippen molar-refractivity contribution in [2.24, 2.45) is 5.92 Å². The van der Waals surface area contributed by atoms with E-state index in [4.69, 9.17) is 4.74 Å². The number of urea groups is 1. The number of rotatable bonds is 5. The van der Waals surface area contributed by atoms with Gasteiger partial charge < -0.3 is 24.8 Å².